The van der Waals surface area contributed by atoms with Gasteiger partial charge in [-0.1, -0.05) is 36.4 Å². The van der Waals surface area contributed by atoms with Crippen LogP contribution in [0, 0.1) is 0 Å². The molecule has 0 spiro atoms. The summed E-state index contributed by atoms with van der Waals surface area (Å²) in [4.78, 5) is 0. The molecule has 1 aliphatic rings. The summed E-state index contributed by atoms with van der Waals surface area (Å²) < 4.78 is 11.8. The van der Waals surface area contributed by atoms with Crippen molar-refractivity contribution in [1.82, 2.24) is 0 Å². The average Bonchev–Trinajstić information content (AvgIpc) is 2.38. The zero-order valence-corrected chi connectivity index (χ0v) is 12.0. The predicted molar refractivity (Wildman–Crippen MR) is 78.0 cm³/mol. The van der Waals surface area contributed by atoms with E-state index in [4.69, 9.17) is 9.47 Å². The maximum absolute atomic E-state index is 5.97. The number of benzene rings is 1. The van der Waals surface area contributed by atoms with Gasteiger partial charge in [0.1, 0.15) is 0 Å². The van der Waals surface area contributed by atoms with Crippen molar-refractivity contribution < 1.29 is 9.47 Å². The van der Waals surface area contributed by atoms with Crippen LogP contribution in [0.1, 0.15) is 38.7 Å². The summed E-state index contributed by atoms with van der Waals surface area (Å²) in [6.07, 6.45) is 6.53. The Morgan fingerprint density at radius 1 is 1.26 bits per heavy atom. The van der Waals surface area contributed by atoms with Gasteiger partial charge in [0.15, 0.2) is 5.79 Å². The molecule has 1 aromatic carbocycles. The number of rotatable bonds is 5. The van der Waals surface area contributed by atoms with Crippen LogP contribution >= 0.6 is 0 Å². The maximum Gasteiger partial charge on any atom is 0.163 e. The van der Waals surface area contributed by atoms with Crippen LogP contribution in [-0.4, -0.2) is 18.0 Å². The van der Waals surface area contributed by atoms with Crippen LogP contribution in [0.15, 0.2) is 43.0 Å². The van der Waals surface area contributed by atoms with Gasteiger partial charge in [-0.2, -0.15) is 0 Å². The van der Waals surface area contributed by atoms with Gasteiger partial charge in [-0.3, -0.25) is 0 Å². The normalized spacial score (nSPS) is 26.0. The molecule has 0 N–H and O–H groups in total. The Labute approximate surface area is 116 Å². The first-order chi connectivity index (χ1) is 9.09. The molecule has 1 heterocycles. The number of aryl methyl sites for hydroxylation is 1. The van der Waals surface area contributed by atoms with Crippen molar-refractivity contribution in [3.8, 4) is 0 Å². The molecule has 1 saturated heterocycles. The Kier molecular flexibility index (Phi) is 4.78. The molecule has 19 heavy (non-hydrogen) atoms. The molecule has 0 aromatic heterocycles. The van der Waals surface area contributed by atoms with E-state index in [1.807, 2.05) is 19.9 Å². The minimum atomic E-state index is -0.492. The monoisotopic (exact) mass is 260 g/mol. The number of hydrogen-bond acceptors (Lipinski definition) is 2. The molecule has 0 saturated carbocycles. The van der Waals surface area contributed by atoms with Gasteiger partial charge in [0.05, 0.1) is 12.2 Å². The van der Waals surface area contributed by atoms with Crippen LogP contribution in [0.25, 0.3) is 0 Å². The number of hydrogen-bond donors (Lipinski definition) is 0. The van der Waals surface area contributed by atoms with Crippen molar-refractivity contribution in [1.29, 1.82) is 0 Å². The van der Waals surface area contributed by atoms with Crippen molar-refractivity contribution >= 4 is 0 Å². The van der Waals surface area contributed by atoms with E-state index in [1.165, 1.54) is 5.56 Å². The summed E-state index contributed by atoms with van der Waals surface area (Å²) >= 11 is 0. The minimum Gasteiger partial charge on any atom is -0.347 e. The van der Waals surface area contributed by atoms with Crippen LogP contribution in [0.4, 0.5) is 0 Å². The fourth-order valence-corrected chi connectivity index (χ4v) is 2.65. The van der Waals surface area contributed by atoms with E-state index in [2.05, 4.69) is 36.9 Å². The van der Waals surface area contributed by atoms with E-state index in [0.717, 1.165) is 25.7 Å². The standard InChI is InChI=1S/C17H24O2/c1-4-15-13-16(19-17(2,3)18-15)12-8-11-14-9-6-5-7-10-14/h4-7,9-10,15-16H,1,8,11-13H2,2-3H3. The Morgan fingerprint density at radius 3 is 2.68 bits per heavy atom. The molecule has 2 atom stereocenters. The first-order valence-electron chi connectivity index (χ1n) is 7.11. The van der Waals surface area contributed by atoms with Crippen molar-refractivity contribution in [3.63, 3.8) is 0 Å². The summed E-state index contributed by atoms with van der Waals surface area (Å²) in [6.45, 7) is 7.79. The molecule has 0 radical (unpaired) electrons. The van der Waals surface area contributed by atoms with Gasteiger partial charge in [-0.05, 0) is 38.7 Å². The van der Waals surface area contributed by atoms with Gasteiger partial charge in [0.25, 0.3) is 0 Å². The average molecular weight is 260 g/mol. The summed E-state index contributed by atoms with van der Waals surface area (Å²) in [5.74, 6) is -0.492. The zero-order chi connectivity index (χ0) is 13.7. The van der Waals surface area contributed by atoms with Gasteiger partial charge in [-0.25, -0.2) is 0 Å². The maximum atomic E-state index is 5.97. The van der Waals surface area contributed by atoms with E-state index >= 15 is 0 Å². The fourth-order valence-electron chi connectivity index (χ4n) is 2.65. The smallest absolute Gasteiger partial charge is 0.163 e. The van der Waals surface area contributed by atoms with Crippen molar-refractivity contribution in [3.05, 3.63) is 48.6 Å². The molecular weight excluding hydrogens is 236 g/mol. The lowest BCUT2D eigenvalue weighted by molar-refractivity contribution is -0.291. The first-order valence-corrected chi connectivity index (χ1v) is 7.11. The second kappa shape index (κ2) is 6.36. The fraction of sp³-hybridized carbons (Fsp3) is 0.529. The first kappa shape index (κ1) is 14.3. The molecule has 0 aliphatic carbocycles. The Bertz CT molecular complexity index is 397. The summed E-state index contributed by atoms with van der Waals surface area (Å²) in [5, 5.41) is 0. The molecule has 1 aromatic rings. The van der Waals surface area contributed by atoms with Crippen LogP contribution in [0.3, 0.4) is 0 Å². The lowest BCUT2D eigenvalue weighted by Crippen LogP contribution is -2.43. The van der Waals surface area contributed by atoms with E-state index in [1.54, 1.807) is 0 Å². The van der Waals surface area contributed by atoms with Crippen molar-refractivity contribution in [2.24, 2.45) is 0 Å². The van der Waals surface area contributed by atoms with E-state index < -0.39 is 5.79 Å². The molecule has 2 unspecified atom stereocenters. The lowest BCUT2D eigenvalue weighted by atomic mass is 10.0. The predicted octanol–water partition coefficient (Wildman–Crippen LogP) is 4.11. The summed E-state index contributed by atoms with van der Waals surface area (Å²) in [7, 11) is 0. The molecule has 104 valence electrons. The van der Waals surface area contributed by atoms with Gasteiger partial charge < -0.3 is 9.47 Å². The lowest BCUT2D eigenvalue weighted by Gasteiger charge is -2.40. The van der Waals surface area contributed by atoms with E-state index in [9.17, 15) is 0 Å². The third kappa shape index (κ3) is 4.48. The van der Waals surface area contributed by atoms with Gasteiger partial charge in [0.2, 0.25) is 0 Å². The second-order valence-corrected chi connectivity index (χ2v) is 5.65. The third-order valence-electron chi connectivity index (χ3n) is 3.48. The van der Waals surface area contributed by atoms with Gasteiger partial charge in [0, 0.05) is 6.42 Å². The summed E-state index contributed by atoms with van der Waals surface area (Å²) in [5.41, 5.74) is 1.40. The molecule has 0 amide bonds. The molecule has 1 fully saturated rings. The SMILES string of the molecule is C=CC1CC(CCCc2ccccc2)OC(C)(C)O1. The highest BCUT2D eigenvalue weighted by Gasteiger charge is 2.33. The van der Waals surface area contributed by atoms with E-state index in [0.29, 0.717) is 0 Å². The Hall–Kier alpha value is -1.12. The van der Waals surface area contributed by atoms with Gasteiger partial charge >= 0.3 is 0 Å². The Morgan fingerprint density at radius 2 is 2.00 bits per heavy atom. The highest BCUT2D eigenvalue weighted by atomic mass is 16.7. The van der Waals surface area contributed by atoms with Crippen LogP contribution in [-0.2, 0) is 15.9 Å². The highest BCUT2D eigenvalue weighted by Crippen LogP contribution is 2.29. The minimum absolute atomic E-state index is 0.116. The topological polar surface area (TPSA) is 18.5 Å². The largest absolute Gasteiger partial charge is 0.347 e. The molecule has 2 rings (SSSR count). The molecule has 0 bridgehead atoms. The quantitative estimate of drug-likeness (QED) is 0.742. The van der Waals surface area contributed by atoms with E-state index in [-0.39, 0.29) is 12.2 Å². The van der Waals surface area contributed by atoms with Crippen molar-refractivity contribution in [2.75, 3.05) is 0 Å². The van der Waals surface area contributed by atoms with Crippen LogP contribution in [0.2, 0.25) is 0 Å². The molecular formula is C17H24O2. The Balaban J connectivity index is 1.80. The molecule has 1 aliphatic heterocycles. The van der Waals surface area contributed by atoms with Gasteiger partial charge in [-0.15, -0.1) is 6.58 Å². The summed E-state index contributed by atoms with van der Waals surface area (Å²) in [6, 6.07) is 10.6. The third-order valence-corrected chi connectivity index (χ3v) is 3.48. The number of ether oxygens (including phenoxy) is 2. The highest BCUT2D eigenvalue weighted by molar-refractivity contribution is 5.14. The second-order valence-electron chi connectivity index (χ2n) is 5.65. The van der Waals surface area contributed by atoms with Crippen LogP contribution < -0.4 is 0 Å². The van der Waals surface area contributed by atoms with Crippen molar-refractivity contribution in [2.45, 2.75) is 57.5 Å². The van der Waals surface area contributed by atoms with Crippen LogP contribution in [0.5, 0.6) is 0 Å². The zero-order valence-electron chi connectivity index (χ0n) is 12.0. The molecule has 2 heteroatoms. The molecule has 2 nitrogen and oxygen atoms in total.